The summed E-state index contributed by atoms with van der Waals surface area (Å²) in [5, 5.41) is 19.1. The Kier molecular flexibility index (Phi) is 26.7. The van der Waals surface area contributed by atoms with Crippen LogP contribution >= 0.6 is 0 Å². The number of nitrogens with two attached hydrogens (primary N) is 2. The van der Waals surface area contributed by atoms with Crippen molar-refractivity contribution in [1.29, 1.82) is 0 Å². The van der Waals surface area contributed by atoms with Crippen LogP contribution in [0.1, 0.15) is 173 Å². The standard InChI is InChI=1S/C37H68F2N4O4/c38-32(27-23-19-15-11-7-3-1-5-9-13-17-21-25-29-44)36(46)42(40)34-31-35(34)43(41)37(47)33(39)28-24-20-16-12-8-4-2-6-10-14-18-22-26-30-45/h27-28,34-35,44-45H,1-26,29-31,40-41H2/b32-27+,33-28+/t34-,35+. The number of hydrogen-bond acceptors (Lipinski definition) is 6. The van der Waals surface area contributed by atoms with Crippen molar-refractivity contribution in [2.24, 2.45) is 11.7 Å². The van der Waals surface area contributed by atoms with Crippen molar-refractivity contribution in [2.75, 3.05) is 13.2 Å². The van der Waals surface area contributed by atoms with E-state index < -0.39 is 35.6 Å². The minimum absolute atomic E-state index is 0.276. The molecule has 6 N–H and O–H groups in total. The van der Waals surface area contributed by atoms with Crippen LogP contribution in [0.15, 0.2) is 23.8 Å². The fraction of sp³-hybridized carbons (Fsp3) is 0.838. The van der Waals surface area contributed by atoms with E-state index in [1.165, 1.54) is 89.2 Å². The third kappa shape index (κ3) is 21.7. The first-order chi connectivity index (χ1) is 22.8. The van der Waals surface area contributed by atoms with Crippen molar-refractivity contribution in [2.45, 2.75) is 185 Å². The number of nitrogens with zero attached hydrogens (tertiary/aromatic N) is 2. The number of hydrogen-bond donors (Lipinski definition) is 4. The lowest BCUT2D eigenvalue weighted by molar-refractivity contribution is -0.133. The van der Waals surface area contributed by atoms with Crippen LogP contribution in [-0.4, -0.2) is 57.3 Å². The predicted molar refractivity (Wildman–Crippen MR) is 187 cm³/mol. The molecule has 0 radical (unpaired) electrons. The zero-order valence-corrected chi connectivity index (χ0v) is 29.3. The number of carbonyl (C=O) groups is 2. The fourth-order valence-corrected chi connectivity index (χ4v) is 5.99. The third-order valence-electron chi connectivity index (χ3n) is 9.19. The van der Waals surface area contributed by atoms with Crippen molar-refractivity contribution in [1.82, 2.24) is 10.0 Å². The number of unbranched alkanes of at least 4 members (excludes halogenated alkanes) is 24. The van der Waals surface area contributed by atoms with Gasteiger partial charge in [0, 0.05) is 13.2 Å². The molecule has 274 valence electrons. The van der Waals surface area contributed by atoms with E-state index in [9.17, 15) is 18.4 Å². The predicted octanol–water partition coefficient (Wildman–Crippen LogP) is 8.37. The lowest BCUT2D eigenvalue weighted by atomic mass is 10.0. The van der Waals surface area contributed by atoms with E-state index in [0.717, 1.165) is 87.1 Å². The summed E-state index contributed by atoms with van der Waals surface area (Å²) in [7, 11) is 0. The van der Waals surface area contributed by atoms with Gasteiger partial charge < -0.3 is 10.2 Å². The molecule has 0 aromatic carbocycles. The summed E-state index contributed by atoms with van der Waals surface area (Å²) in [5.74, 6) is 8.00. The van der Waals surface area contributed by atoms with E-state index in [1.807, 2.05) is 0 Å². The Morgan fingerprint density at radius 1 is 0.489 bits per heavy atom. The summed E-state index contributed by atoms with van der Waals surface area (Å²) >= 11 is 0. The highest BCUT2D eigenvalue weighted by Crippen LogP contribution is 2.32. The van der Waals surface area contributed by atoms with Gasteiger partial charge in [-0.2, -0.15) is 0 Å². The van der Waals surface area contributed by atoms with Crippen LogP contribution in [0.4, 0.5) is 8.78 Å². The molecule has 8 nitrogen and oxygen atoms in total. The van der Waals surface area contributed by atoms with Gasteiger partial charge in [0.05, 0.1) is 12.1 Å². The molecule has 1 saturated carbocycles. The number of aliphatic hydroxyl groups is 2. The Labute approximate surface area is 284 Å². The molecule has 1 rings (SSSR count). The van der Waals surface area contributed by atoms with Gasteiger partial charge in [0.15, 0.2) is 11.7 Å². The number of halogens is 2. The molecule has 0 aromatic rings. The quantitative estimate of drug-likeness (QED) is 0.0187. The molecular weight excluding hydrogens is 602 g/mol. The van der Waals surface area contributed by atoms with Crippen LogP contribution in [0.2, 0.25) is 0 Å². The summed E-state index contributed by atoms with van der Waals surface area (Å²) in [4.78, 5) is 24.9. The Morgan fingerprint density at radius 2 is 0.723 bits per heavy atom. The Balaban J connectivity index is 2.12. The lowest BCUT2D eigenvalue weighted by Gasteiger charge is -2.20. The smallest absolute Gasteiger partial charge is 0.296 e. The maximum Gasteiger partial charge on any atom is 0.296 e. The van der Waals surface area contributed by atoms with E-state index in [2.05, 4.69) is 0 Å². The second-order valence-electron chi connectivity index (χ2n) is 13.4. The number of rotatable bonds is 32. The second-order valence-corrected chi connectivity index (χ2v) is 13.4. The molecule has 1 aliphatic carbocycles. The normalized spacial score (nSPS) is 16.5. The van der Waals surface area contributed by atoms with Crippen LogP contribution in [-0.2, 0) is 9.59 Å². The third-order valence-corrected chi connectivity index (χ3v) is 9.19. The number of carbonyl (C=O) groups excluding carboxylic acids is 2. The van der Waals surface area contributed by atoms with Gasteiger partial charge in [-0.05, 0) is 57.1 Å². The van der Waals surface area contributed by atoms with Crippen molar-refractivity contribution in [3.8, 4) is 0 Å². The van der Waals surface area contributed by atoms with Crippen molar-refractivity contribution in [3.05, 3.63) is 23.8 Å². The highest BCUT2D eigenvalue weighted by molar-refractivity contribution is 5.92. The molecule has 0 aliphatic heterocycles. The number of allylic oxidation sites excluding steroid dienone is 2. The molecule has 0 spiro atoms. The highest BCUT2D eigenvalue weighted by Gasteiger charge is 2.49. The molecule has 1 fully saturated rings. The molecule has 10 heteroatoms. The topological polar surface area (TPSA) is 133 Å². The van der Waals surface area contributed by atoms with Gasteiger partial charge in [0.2, 0.25) is 0 Å². The first kappa shape index (κ1) is 43.1. The Hall–Kier alpha value is -1.88. The van der Waals surface area contributed by atoms with Crippen LogP contribution in [0, 0.1) is 0 Å². The summed E-state index contributed by atoms with van der Waals surface area (Å²) in [5.41, 5.74) is 0. The number of hydrazine groups is 2. The maximum atomic E-state index is 14.5. The molecule has 0 aromatic heterocycles. The van der Waals surface area contributed by atoms with Crippen LogP contribution in [0.25, 0.3) is 0 Å². The maximum absolute atomic E-state index is 14.5. The largest absolute Gasteiger partial charge is 0.396 e. The summed E-state index contributed by atoms with van der Waals surface area (Å²) in [6.45, 7) is 0.584. The zero-order valence-electron chi connectivity index (χ0n) is 29.3. The monoisotopic (exact) mass is 671 g/mol. The SMILES string of the molecule is NN(C(=O)/C(F)=C\CCCCCCCCCCCCCCO)[C@@H]1C[C@@H]1N(N)C(=O)/C(F)=C\CCCCCCCCCCCCCCO. The molecule has 1 aliphatic rings. The minimum atomic E-state index is -0.944. The number of aliphatic hydroxyl groups excluding tert-OH is 2. The van der Waals surface area contributed by atoms with Gasteiger partial charge in [0.1, 0.15) is 0 Å². The lowest BCUT2D eigenvalue weighted by Crippen LogP contribution is -2.47. The van der Waals surface area contributed by atoms with Gasteiger partial charge >= 0.3 is 0 Å². The second kappa shape index (κ2) is 29.1. The minimum Gasteiger partial charge on any atom is -0.396 e. The first-order valence-corrected chi connectivity index (χ1v) is 18.9. The molecule has 2 atom stereocenters. The van der Waals surface area contributed by atoms with E-state index in [1.54, 1.807) is 0 Å². The van der Waals surface area contributed by atoms with Crippen molar-refractivity contribution < 1.29 is 28.6 Å². The molecule has 0 unspecified atom stereocenters. The Bertz CT molecular complexity index is 805. The van der Waals surface area contributed by atoms with Crippen molar-refractivity contribution >= 4 is 11.8 Å². The molecule has 0 heterocycles. The van der Waals surface area contributed by atoms with Crippen molar-refractivity contribution in [3.63, 3.8) is 0 Å². The summed E-state index contributed by atoms with van der Waals surface area (Å²) in [6.07, 6.45) is 30.6. The number of amides is 2. The van der Waals surface area contributed by atoms with Gasteiger partial charge in [-0.15, -0.1) is 0 Å². The fourth-order valence-electron chi connectivity index (χ4n) is 5.99. The molecule has 47 heavy (non-hydrogen) atoms. The average molecular weight is 671 g/mol. The zero-order chi connectivity index (χ0) is 34.5. The molecular formula is C37H68F2N4O4. The van der Waals surface area contributed by atoms with Crippen LogP contribution in [0.3, 0.4) is 0 Å². The summed E-state index contributed by atoms with van der Waals surface area (Å²) in [6, 6.07) is -1.29. The molecule has 0 saturated heterocycles. The Morgan fingerprint density at radius 3 is 0.979 bits per heavy atom. The van der Waals surface area contributed by atoms with Gasteiger partial charge in [0.25, 0.3) is 11.8 Å². The van der Waals surface area contributed by atoms with Crippen LogP contribution in [0.5, 0.6) is 0 Å². The van der Waals surface area contributed by atoms with E-state index in [-0.39, 0.29) is 6.42 Å². The van der Waals surface area contributed by atoms with E-state index in [0.29, 0.717) is 26.1 Å². The van der Waals surface area contributed by atoms with Gasteiger partial charge in [-0.1, -0.05) is 128 Å². The highest BCUT2D eigenvalue weighted by atomic mass is 19.1. The van der Waals surface area contributed by atoms with E-state index in [4.69, 9.17) is 21.9 Å². The average Bonchev–Trinajstić information content (AvgIpc) is 3.88. The van der Waals surface area contributed by atoms with Gasteiger partial charge in [-0.25, -0.2) is 20.5 Å². The summed E-state index contributed by atoms with van der Waals surface area (Å²) < 4.78 is 28.9. The molecule has 0 bridgehead atoms. The first-order valence-electron chi connectivity index (χ1n) is 18.9. The van der Waals surface area contributed by atoms with E-state index >= 15 is 0 Å². The molecule has 2 amide bonds. The van der Waals surface area contributed by atoms with Crippen LogP contribution < -0.4 is 11.7 Å². The van der Waals surface area contributed by atoms with Gasteiger partial charge in [-0.3, -0.25) is 19.6 Å².